The lowest BCUT2D eigenvalue weighted by molar-refractivity contribution is -0.122. The molecule has 1 heterocycles. The van der Waals surface area contributed by atoms with Gasteiger partial charge in [0.15, 0.2) is 0 Å². The molecule has 0 saturated carbocycles. The van der Waals surface area contributed by atoms with E-state index in [1.54, 1.807) is 18.2 Å². The summed E-state index contributed by atoms with van der Waals surface area (Å²) in [5, 5.41) is 0.386. The van der Waals surface area contributed by atoms with E-state index < -0.39 is 0 Å². The van der Waals surface area contributed by atoms with Gasteiger partial charge in [0.1, 0.15) is 5.75 Å². The predicted molar refractivity (Wildman–Crippen MR) is 80.4 cm³/mol. The molecule has 0 unspecified atom stereocenters. The molecule has 21 heavy (non-hydrogen) atoms. The smallest absolute Gasteiger partial charge is 0.238 e. The number of ether oxygens (including phenoxy) is 1. The second kappa shape index (κ2) is 5.19. The second-order valence-corrected chi connectivity index (χ2v) is 5.89. The average molecular weight is 306 g/mol. The Morgan fingerprint density at radius 1 is 1.29 bits per heavy atom. The van der Waals surface area contributed by atoms with E-state index in [4.69, 9.17) is 16.3 Å². The molecule has 5 heteroatoms. The van der Waals surface area contributed by atoms with Crippen LogP contribution in [0.2, 0.25) is 5.02 Å². The number of hydrogen-bond donors (Lipinski definition) is 0. The molecule has 1 saturated heterocycles. The van der Waals surface area contributed by atoms with Crippen LogP contribution in [-0.2, 0) is 9.59 Å². The second-order valence-electron chi connectivity index (χ2n) is 5.49. The summed E-state index contributed by atoms with van der Waals surface area (Å²) in [6.07, 6.45) is 4.62. The van der Waals surface area contributed by atoms with Crippen LogP contribution in [0.15, 0.2) is 30.4 Å². The van der Waals surface area contributed by atoms with E-state index in [2.05, 4.69) is 0 Å². The number of halogens is 1. The van der Waals surface area contributed by atoms with Gasteiger partial charge in [0.2, 0.25) is 11.8 Å². The highest BCUT2D eigenvalue weighted by atomic mass is 35.5. The minimum absolute atomic E-state index is 0.0823. The van der Waals surface area contributed by atoms with Crippen LogP contribution < -0.4 is 9.64 Å². The summed E-state index contributed by atoms with van der Waals surface area (Å²) in [4.78, 5) is 26.5. The van der Waals surface area contributed by atoms with Crippen LogP contribution >= 0.6 is 11.6 Å². The predicted octanol–water partition coefficient (Wildman–Crippen LogP) is 3.05. The Morgan fingerprint density at radius 2 is 2.05 bits per heavy atom. The van der Waals surface area contributed by atoms with E-state index >= 15 is 0 Å². The molecule has 1 fully saturated rings. The van der Waals surface area contributed by atoms with Gasteiger partial charge in [-0.05, 0) is 30.5 Å². The van der Waals surface area contributed by atoms with Crippen molar-refractivity contribution < 1.29 is 14.3 Å². The van der Waals surface area contributed by atoms with Crippen molar-refractivity contribution in [3.05, 3.63) is 35.4 Å². The van der Waals surface area contributed by atoms with Crippen LogP contribution in [-0.4, -0.2) is 18.9 Å². The summed E-state index contributed by atoms with van der Waals surface area (Å²) in [6, 6.07) is 4.96. The van der Waals surface area contributed by atoms with Crippen LogP contribution in [0.3, 0.4) is 0 Å². The highest BCUT2D eigenvalue weighted by Gasteiger charge is 2.50. The summed E-state index contributed by atoms with van der Waals surface area (Å²) >= 11 is 6.10. The maximum atomic E-state index is 12.6. The molecule has 1 aliphatic heterocycles. The van der Waals surface area contributed by atoms with E-state index in [0.717, 1.165) is 0 Å². The Labute approximate surface area is 128 Å². The summed E-state index contributed by atoms with van der Waals surface area (Å²) in [5.41, 5.74) is 0.511. The van der Waals surface area contributed by atoms with Crippen molar-refractivity contribution in [3.63, 3.8) is 0 Å². The number of anilines is 1. The highest BCUT2D eigenvalue weighted by Crippen LogP contribution is 2.41. The van der Waals surface area contributed by atoms with Crippen molar-refractivity contribution >= 4 is 29.1 Å². The molecule has 110 valence electrons. The Kier molecular flexibility index (Phi) is 3.49. The van der Waals surface area contributed by atoms with Gasteiger partial charge in [0, 0.05) is 0 Å². The van der Waals surface area contributed by atoms with Gasteiger partial charge in [-0.15, -0.1) is 0 Å². The molecule has 2 amide bonds. The first-order valence-corrected chi connectivity index (χ1v) is 7.30. The quantitative estimate of drug-likeness (QED) is 0.623. The topological polar surface area (TPSA) is 46.6 Å². The fourth-order valence-corrected chi connectivity index (χ4v) is 3.45. The third kappa shape index (κ3) is 2.14. The molecule has 4 nitrogen and oxygen atoms in total. The van der Waals surface area contributed by atoms with Gasteiger partial charge in [0.25, 0.3) is 0 Å². The number of nitrogens with zero attached hydrogens (tertiary/aromatic N) is 1. The number of methoxy groups -OCH3 is 1. The number of hydrogen-bond acceptors (Lipinski definition) is 3. The summed E-state index contributed by atoms with van der Waals surface area (Å²) in [7, 11) is 1.52. The van der Waals surface area contributed by atoms with Crippen molar-refractivity contribution in [1.29, 1.82) is 0 Å². The monoisotopic (exact) mass is 305 g/mol. The van der Waals surface area contributed by atoms with Crippen LogP contribution in [0.1, 0.15) is 13.3 Å². The summed E-state index contributed by atoms with van der Waals surface area (Å²) < 4.78 is 5.10. The van der Waals surface area contributed by atoms with E-state index in [9.17, 15) is 9.59 Å². The number of rotatable bonds is 2. The molecular weight excluding hydrogens is 290 g/mol. The van der Waals surface area contributed by atoms with Gasteiger partial charge in [-0.25, -0.2) is 4.90 Å². The van der Waals surface area contributed by atoms with Gasteiger partial charge in [-0.1, -0.05) is 30.7 Å². The van der Waals surface area contributed by atoms with Crippen LogP contribution in [0.4, 0.5) is 5.69 Å². The first-order valence-electron chi connectivity index (χ1n) is 6.92. The zero-order valence-corrected chi connectivity index (χ0v) is 12.6. The van der Waals surface area contributed by atoms with Crippen molar-refractivity contribution in [2.24, 2.45) is 17.8 Å². The molecule has 3 atom stereocenters. The van der Waals surface area contributed by atoms with Crippen molar-refractivity contribution in [2.75, 3.05) is 12.0 Å². The molecule has 0 N–H and O–H groups in total. The molecule has 0 radical (unpaired) electrons. The SMILES string of the molecule is COc1ccc(N2C(=O)[C@@H]3[C@H](C)C=CC[C@H]3C2=O)cc1Cl. The molecule has 2 aliphatic rings. The zero-order valence-electron chi connectivity index (χ0n) is 11.9. The summed E-state index contributed by atoms with van der Waals surface area (Å²) in [6.45, 7) is 1.98. The van der Waals surface area contributed by atoms with Gasteiger partial charge in [0.05, 0.1) is 29.7 Å². The Balaban J connectivity index is 1.98. The molecule has 0 bridgehead atoms. The van der Waals surface area contributed by atoms with Gasteiger partial charge in [-0.2, -0.15) is 0 Å². The number of carbonyl (C=O) groups is 2. The molecular formula is C16H16ClNO3. The minimum atomic E-state index is -0.261. The Bertz CT molecular complexity index is 640. The Hall–Kier alpha value is -1.81. The zero-order chi connectivity index (χ0) is 15.1. The largest absolute Gasteiger partial charge is 0.495 e. The third-order valence-corrected chi connectivity index (χ3v) is 4.56. The fraction of sp³-hybridized carbons (Fsp3) is 0.375. The molecule has 1 aliphatic carbocycles. The normalized spacial score (nSPS) is 28.0. The average Bonchev–Trinajstić information content (AvgIpc) is 2.72. The number of imide groups is 1. The lowest BCUT2D eigenvalue weighted by Gasteiger charge is -2.22. The highest BCUT2D eigenvalue weighted by molar-refractivity contribution is 6.33. The molecule has 1 aromatic rings. The van der Waals surface area contributed by atoms with Gasteiger partial charge >= 0.3 is 0 Å². The Morgan fingerprint density at radius 3 is 2.67 bits per heavy atom. The first kappa shape index (κ1) is 14.1. The van der Waals surface area contributed by atoms with Crippen LogP contribution in [0, 0.1) is 17.8 Å². The third-order valence-electron chi connectivity index (χ3n) is 4.27. The molecule has 0 spiro atoms. The maximum absolute atomic E-state index is 12.6. The standard InChI is InChI=1S/C16H16ClNO3/c1-9-4-3-5-11-14(9)16(20)18(15(11)19)10-6-7-13(21-2)12(17)8-10/h3-4,6-9,11,14H,5H2,1-2H3/t9-,11-,14-/m1/s1. The molecule has 3 rings (SSSR count). The molecule has 0 aromatic heterocycles. The maximum Gasteiger partial charge on any atom is 0.238 e. The van der Waals surface area contributed by atoms with E-state index in [-0.39, 0.29) is 29.6 Å². The lowest BCUT2D eigenvalue weighted by Crippen LogP contribution is -2.31. The molecule has 1 aromatic carbocycles. The van der Waals surface area contributed by atoms with Crippen molar-refractivity contribution in [2.45, 2.75) is 13.3 Å². The van der Waals surface area contributed by atoms with Crippen molar-refractivity contribution in [3.8, 4) is 5.75 Å². The van der Waals surface area contributed by atoms with Crippen LogP contribution in [0.5, 0.6) is 5.75 Å². The number of allylic oxidation sites excluding steroid dienone is 2. The summed E-state index contributed by atoms with van der Waals surface area (Å²) in [5.74, 6) is -0.182. The number of amides is 2. The lowest BCUT2D eigenvalue weighted by atomic mass is 9.78. The van der Waals surface area contributed by atoms with Crippen molar-refractivity contribution in [1.82, 2.24) is 0 Å². The minimum Gasteiger partial charge on any atom is -0.495 e. The number of fused-ring (bicyclic) bond motifs is 1. The van der Waals surface area contributed by atoms with Gasteiger partial charge in [-0.3, -0.25) is 9.59 Å². The first-order chi connectivity index (χ1) is 10.0. The van der Waals surface area contributed by atoms with Crippen LogP contribution in [0.25, 0.3) is 0 Å². The number of carbonyl (C=O) groups excluding carboxylic acids is 2. The number of benzene rings is 1. The van der Waals surface area contributed by atoms with E-state index in [1.165, 1.54) is 12.0 Å². The fourth-order valence-electron chi connectivity index (χ4n) is 3.20. The van der Waals surface area contributed by atoms with E-state index in [1.807, 2.05) is 19.1 Å². The van der Waals surface area contributed by atoms with E-state index in [0.29, 0.717) is 22.9 Å². The van der Waals surface area contributed by atoms with Gasteiger partial charge < -0.3 is 4.74 Å².